The van der Waals surface area contributed by atoms with Crippen molar-refractivity contribution in [1.29, 1.82) is 0 Å². The van der Waals surface area contributed by atoms with Crippen molar-refractivity contribution in [2.45, 2.75) is 200 Å². The molecule has 0 saturated heterocycles. The van der Waals surface area contributed by atoms with Crippen LogP contribution in [0.3, 0.4) is 0 Å². The zero-order chi connectivity index (χ0) is 35.7. The molecule has 0 saturated carbocycles. The highest BCUT2D eigenvalue weighted by Gasteiger charge is 2.05. The van der Waals surface area contributed by atoms with Crippen molar-refractivity contribution < 1.29 is 19.4 Å². The Bertz CT molecular complexity index is 749. The summed E-state index contributed by atoms with van der Waals surface area (Å²) < 4.78 is 11.0. The van der Waals surface area contributed by atoms with Crippen LogP contribution in [0.4, 0.5) is 0 Å². The third-order valence-electron chi connectivity index (χ3n) is 9.41. The van der Waals surface area contributed by atoms with Gasteiger partial charge >= 0.3 is 5.97 Å². The number of hydrogen-bond donors (Lipinski definition) is 1. The number of esters is 1. The molecule has 0 aliphatic rings. The van der Waals surface area contributed by atoms with Crippen LogP contribution < -0.4 is 0 Å². The predicted octanol–water partition coefficient (Wildman–Crippen LogP) is 12.8. The molecule has 0 bridgehead atoms. The minimum absolute atomic E-state index is 0.103. The molecular weight excluding hydrogens is 606 g/mol. The van der Waals surface area contributed by atoms with Crippen molar-refractivity contribution in [2.24, 2.45) is 0 Å². The Kier molecular flexibility index (Phi) is 39.5. The SMILES string of the molecule is C=C(CCCCCCCCCN(CCO)CCCCCCCC/C=C\C/C=C\CCCCC)OCCOC(=O)CCCCCCCCCC. The maximum atomic E-state index is 11.9. The molecule has 0 aromatic carbocycles. The average molecular weight is 690 g/mol. The van der Waals surface area contributed by atoms with Crippen LogP contribution in [0, 0.1) is 0 Å². The van der Waals surface area contributed by atoms with Gasteiger partial charge in [-0.1, -0.05) is 160 Å². The molecule has 0 heterocycles. The number of ether oxygens (including phenoxy) is 2. The Labute approximate surface area is 305 Å². The van der Waals surface area contributed by atoms with Crippen LogP contribution in [-0.4, -0.2) is 55.4 Å². The first kappa shape index (κ1) is 47.4. The fourth-order valence-electron chi connectivity index (χ4n) is 6.23. The summed E-state index contributed by atoms with van der Waals surface area (Å²) in [7, 11) is 0. The van der Waals surface area contributed by atoms with Gasteiger partial charge in [-0.15, -0.1) is 0 Å². The van der Waals surface area contributed by atoms with Crippen molar-refractivity contribution in [3.8, 4) is 0 Å². The predicted molar refractivity (Wildman–Crippen MR) is 213 cm³/mol. The smallest absolute Gasteiger partial charge is 0.305 e. The van der Waals surface area contributed by atoms with Gasteiger partial charge in [0.2, 0.25) is 0 Å². The Balaban J connectivity index is 3.54. The van der Waals surface area contributed by atoms with Gasteiger partial charge in [-0.2, -0.15) is 0 Å². The van der Waals surface area contributed by atoms with Gasteiger partial charge in [-0.3, -0.25) is 4.79 Å². The number of allylic oxidation sites excluding steroid dienone is 5. The maximum Gasteiger partial charge on any atom is 0.305 e. The van der Waals surface area contributed by atoms with E-state index in [4.69, 9.17) is 9.47 Å². The molecule has 0 aromatic heterocycles. The van der Waals surface area contributed by atoms with E-state index in [1.807, 2.05) is 0 Å². The zero-order valence-electron chi connectivity index (χ0n) is 32.9. The molecule has 0 spiro atoms. The second kappa shape index (κ2) is 40.8. The van der Waals surface area contributed by atoms with Crippen LogP contribution in [0.15, 0.2) is 36.6 Å². The summed E-state index contributed by atoms with van der Waals surface area (Å²) in [5.41, 5.74) is 0. The number of carbonyl (C=O) groups excluding carboxylic acids is 1. The number of aliphatic hydroxyl groups excluding tert-OH is 1. The standard InChI is InChI=1S/C44H83NO4/c1-4-6-8-10-12-14-15-16-17-18-19-20-21-25-29-33-37-45(39-40-46)38-34-30-26-22-23-27-31-35-43(3)48-41-42-49-44(47)36-32-28-24-13-11-9-7-5-2/h12,14,16-17,46H,3-11,13,15,18-42H2,1-2H3/b14-12-,17-16-. The fraction of sp³-hybridized carbons (Fsp3) is 0.841. The van der Waals surface area contributed by atoms with E-state index in [1.165, 1.54) is 148 Å². The van der Waals surface area contributed by atoms with Gasteiger partial charge in [-0.25, -0.2) is 0 Å². The number of hydrogen-bond acceptors (Lipinski definition) is 5. The van der Waals surface area contributed by atoms with Gasteiger partial charge in [0.05, 0.1) is 12.4 Å². The zero-order valence-corrected chi connectivity index (χ0v) is 32.9. The molecule has 5 nitrogen and oxygen atoms in total. The monoisotopic (exact) mass is 690 g/mol. The molecular formula is C44H83NO4. The van der Waals surface area contributed by atoms with Gasteiger partial charge in [0, 0.05) is 19.4 Å². The highest BCUT2D eigenvalue weighted by Crippen LogP contribution is 2.14. The molecule has 0 atom stereocenters. The van der Waals surface area contributed by atoms with Crippen LogP contribution in [0.1, 0.15) is 200 Å². The summed E-state index contributed by atoms with van der Waals surface area (Å²) in [6.45, 7) is 12.6. The second-order valence-corrected chi connectivity index (χ2v) is 14.2. The number of carbonyl (C=O) groups is 1. The van der Waals surface area contributed by atoms with Crippen molar-refractivity contribution in [3.63, 3.8) is 0 Å². The Hall–Kier alpha value is -1.59. The van der Waals surface area contributed by atoms with Gasteiger partial charge in [0.15, 0.2) is 0 Å². The van der Waals surface area contributed by atoms with Gasteiger partial charge in [0.1, 0.15) is 13.2 Å². The highest BCUT2D eigenvalue weighted by molar-refractivity contribution is 5.69. The van der Waals surface area contributed by atoms with Gasteiger partial charge < -0.3 is 19.5 Å². The van der Waals surface area contributed by atoms with E-state index in [0.29, 0.717) is 19.6 Å². The van der Waals surface area contributed by atoms with Crippen molar-refractivity contribution in [2.75, 3.05) is 39.5 Å². The molecule has 5 heteroatoms. The summed E-state index contributed by atoms with van der Waals surface area (Å²) in [5, 5.41) is 9.50. The number of nitrogens with zero attached hydrogens (tertiary/aromatic N) is 1. The van der Waals surface area contributed by atoms with E-state index in [9.17, 15) is 9.90 Å². The fourth-order valence-corrected chi connectivity index (χ4v) is 6.23. The van der Waals surface area contributed by atoms with Crippen molar-refractivity contribution in [3.05, 3.63) is 36.6 Å². The Morgan fingerprint density at radius 1 is 0.531 bits per heavy atom. The first-order chi connectivity index (χ1) is 24.1. The Morgan fingerprint density at radius 2 is 0.959 bits per heavy atom. The topological polar surface area (TPSA) is 59.0 Å². The minimum Gasteiger partial charge on any atom is -0.495 e. The van der Waals surface area contributed by atoms with Gasteiger partial charge in [0.25, 0.3) is 0 Å². The van der Waals surface area contributed by atoms with Gasteiger partial charge in [-0.05, 0) is 70.9 Å². The molecule has 0 aromatic rings. The molecule has 0 aliphatic carbocycles. The van der Waals surface area contributed by atoms with Crippen LogP contribution in [-0.2, 0) is 14.3 Å². The molecule has 0 fully saturated rings. The summed E-state index contributed by atoms with van der Waals surface area (Å²) >= 11 is 0. The number of rotatable bonds is 40. The van der Waals surface area contributed by atoms with E-state index in [2.05, 4.69) is 49.6 Å². The molecule has 0 rings (SSSR count). The molecule has 0 aliphatic heterocycles. The van der Waals surface area contributed by atoms with E-state index < -0.39 is 0 Å². The largest absolute Gasteiger partial charge is 0.495 e. The molecule has 0 amide bonds. The summed E-state index contributed by atoms with van der Waals surface area (Å²) in [6, 6.07) is 0. The average Bonchev–Trinajstić information content (AvgIpc) is 3.10. The number of unbranched alkanes of at least 4 members (excludes halogenated alkanes) is 22. The first-order valence-corrected chi connectivity index (χ1v) is 21.2. The molecule has 0 radical (unpaired) electrons. The van der Waals surface area contributed by atoms with Crippen LogP contribution in [0.5, 0.6) is 0 Å². The minimum atomic E-state index is -0.103. The molecule has 288 valence electrons. The lowest BCUT2D eigenvalue weighted by molar-refractivity contribution is -0.144. The quantitative estimate of drug-likeness (QED) is 0.0300. The maximum absolute atomic E-state index is 11.9. The highest BCUT2D eigenvalue weighted by atomic mass is 16.6. The summed E-state index contributed by atoms with van der Waals surface area (Å²) in [4.78, 5) is 14.4. The van der Waals surface area contributed by atoms with Crippen LogP contribution >= 0.6 is 0 Å². The second-order valence-electron chi connectivity index (χ2n) is 14.2. The van der Waals surface area contributed by atoms with Crippen molar-refractivity contribution >= 4 is 5.97 Å². The van der Waals surface area contributed by atoms with E-state index >= 15 is 0 Å². The van der Waals surface area contributed by atoms with E-state index in [0.717, 1.165) is 57.5 Å². The van der Waals surface area contributed by atoms with Crippen molar-refractivity contribution in [1.82, 2.24) is 4.90 Å². The Morgan fingerprint density at radius 3 is 1.51 bits per heavy atom. The van der Waals surface area contributed by atoms with E-state index in [1.54, 1.807) is 0 Å². The number of aliphatic hydroxyl groups is 1. The third kappa shape index (κ3) is 39.1. The molecule has 1 N–H and O–H groups in total. The normalized spacial score (nSPS) is 11.8. The molecule has 49 heavy (non-hydrogen) atoms. The first-order valence-electron chi connectivity index (χ1n) is 21.2. The van der Waals surface area contributed by atoms with Crippen LogP contribution in [0.25, 0.3) is 0 Å². The lowest BCUT2D eigenvalue weighted by atomic mass is 10.1. The third-order valence-corrected chi connectivity index (χ3v) is 9.41. The van der Waals surface area contributed by atoms with E-state index in [-0.39, 0.29) is 12.6 Å². The van der Waals surface area contributed by atoms with Crippen LogP contribution in [0.2, 0.25) is 0 Å². The lowest BCUT2D eigenvalue weighted by Gasteiger charge is -2.21. The lowest BCUT2D eigenvalue weighted by Crippen LogP contribution is -2.29. The summed E-state index contributed by atoms with van der Waals surface area (Å²) in [6.07, 6.45) is 44.7. The summed E-state index contributed by atoms with van der Waals surface area (Å²) in [5.74, 6) is 0.705. The molecule has 0 unspecified atom stereocenters.